The molecule has 1 saturated heterocycles. The summed E-state index contributed by atoms with van der Waals surface area (Å²) in [5, 5.41) is 3.06. The largest absolute Gasteiger partial charge is 0.353 e. The Labute approximate surface area is 126 Å². The van der Waals surface area contributed by atoms with Crippen LogP contribution in [0.3, 0.4) is 0 Å². The summed E-state index contributed by atoms with van der Waals surface area (Å²) < 4.78 is 0. The number of carbonyl (C=O) groups excluding carboxylic acids is 1. The molecule has 1 unspecified atom stereocenters. The number of benzene rings is 1. The lowest BCUT2D eigenvalue weighted by Crippen LogP contribution is -2.50. The van der Waals surface area contributed by atoms with Gasteiger partial charge in [0.2, 0.25) is 5.91 Å². The number of carbonyl (C=O) groups is 1. The minimum Gasteiger partial charge on any atom is -0.353 e. The van der Waals surface area contributed by atoms with E-state index in [1.807, 2.05) is 6.07 Å². The third-order valence-corrected chi connectivity index (χ3v) is 4.72. The van der Waals surface area contributed by atoms with Crippen molar-refractivity contribution < 1.29 is 4.79 Å². The first kappa shape index (κ1) is 14.5. The van der Waals surface area contributed by atoms with Gasteiger partial charge in [0.15, 0.2) is 0 Å². The van der Waals surface area contributed by atoms with E-state index in [0.29, 0.717) is 6.04 Å². The molecule has 114 valence electrons. The van der Waals surface area contributed by atoms with E-state index in [1.165, 1.54) is 18.4 Å². The molecule has 2 fully saturated rings. The van der Waals surface area contributed by atoms with E-state index in [2.05, 4.69) is 34.5 Å². The monoisotopic (exact) mass is 287 g/mol. The maximum atomic E-state index is 12.0. The number of rotatable bonds is 5. The molecule has 0 radical (unpaired) electrons. The molecular formula is C17H25N3O. The zero-order valence-electron chi connectivity index (χ0n) is 12.6. The molecule has 4 nitrogen and oxygen atoms in total. The van der Waals surface area contributed by atoms with Gasteiger partial charge in [-0.3, -0.25) is 9.69 Å². The van der Waals surface area contributed by atoms with Gasteiger partial charge in [0.1, 0.15) is 0 Å². The fourth-order valence-electron chi connectivity index (χ4n) is 3.07. The number of nitrogens with zero attached hydrogens (tertiary/aromatic N) is 1. The van der Waals surface area contributed by atoms with E-state index in [4.69, 9.17) is 5.73 Å². The minimum absolute atomic E-state index is 0.0349. The topological polar surface area (TPSA) is 58.4 Å². The molecule has 3 rings (SSSR count). The summed E-state index contributed by atoms with van der Waals surface area (Å²) in [6.07, 6.45) is 5.32. The summed E-state index contributed by atoms with van der Waals surface area (Å²) in [7, 11) is 0. The van der Waals surface area contributed by atoms with Crippen LogP contribution < -0.4 is 11.1 Å². The number of nitrogens with two attached hydrogens (primary N) is 1. The minimum atomic E-state index is -0.557. The fraction of sp³-hybridized carbons (Fsp3) is 0.588. The smallest absolute Gasteiger partial charge is 0.240 e. The van der Waals surface area contributed by atoms with Crippen molar-refractivity contribution >= 4 is 5.91 Å². The van der Waals surface area contributed by atoms with E-state index in [9.17, 15) is 4.79 Å². The van der Waals surface area contributed by atoms with Crippen LogP contribution in [-0.2, 0) is 11.3 Å². The molecular weight excluding hydrogens is 262 g/mol. The lowest BCUT2D eigenvalue weighted by atomic mass is 10.0. The van der Waals surface area contributed by atoms with Crippen LogP contribution in [0.5, 0.6) is 0 Å². The van der Waals surface area contributed by atoms with Gasteiger partial charge in [-0.2, -0.15) is 0 Å². The summed E-state index contributed by atoms with van der Waals surface area (Å²) >= 11 is 0. The van der Waals surface area contributed by atoms with Gasteiger partial charge in [-0.25, -0.2) is 0 Å². The summed E-state index contributed by atoms with van der Waals surface area (Å²) in [5.74, 6) is 0.0349. The van der Waals surface area contributed by atoms with Crippen LogP contribution in [0, 0.1) is 0 Å². The Hall–Kier alpha value is -1.39. The average molecular weight is 287 g/mol. The molecule has 0 aromatic heterocycles. The van der Waals surface area contributed by atoms with Crippen molar-refractivity contribution in [1.82, 2.24) is 10.2 Å². The summed E-state index contributed by atoms with van der Waals surface area (Å²) in [6, 6.07) is 11.0. The van der Waals surface area contributed by atoms with Crippen molar-refractivity contribution in [2.75, 3.05) is 13.1 Å². The second-order valence-corrected chi connectivity index (χ2v) is 6.47. The van der Waals surface area contributed by atoms with E-state index in [1.54, 1.807) is 0 Å². The van der Waals surface area contributed by atoms with Crippen LogP contribution in [0.15, 0.2) is 30.3 Å². The quantitative estimate of drug-likeness (QED) is 0.866. The van der Waals surface area contributed by atoms with Crippen molar-refractivity contribution in [3.05, 3.63) is 35.9 Å². The molecule has 1 aliphatic heterocycles. The Morgan fingerprint density at radius 3 is 2.76 bits per heavy atom. The highest BCUT2D eigenvalue weighted by atomic mass is 16.2. The van der Waals surface area contributed by atoms with Gasteiger partial charge in [-0.1, -0.05) is 36.8 Å². The number of hydrogen-bond acceptors (Lipinski definition) is 3. The number of amides is 1. The Balaban J connectivity index is 1.55. The van der Waals surface area contributed by atoms with Crippen LogP contribution in [0.1, 0.15) is 37.7 Å². The lowest BCUT2D eigenvalue weighted by Gasteiger charge is -2.36. The van der Waals surface area contributed by atoms with E-state index < -0.39 is 5.54 Å². The van der Waals surface area contributed by atoms with Crippen LogP contribution in [-0.4, -0.2) is 35.5 Å². The Bertz CT molecular complexity index is 484. The van der Waals surface area contributed by atoms with Crippen molar-refractivity contribution in [3.8, 4) is 0 Å². The van der Waals surface area contributed by atoms with Gasteiger partial charge in [0.05, 0.1) is 5.54 Å². The van der Waals surface area contributed by atoms with Crippen molar-refractivity contribution in [2.45, 2.75) is 50.2 Å². The van der Waals surface area contributed by atoms with Crippen LogP contribution in [0.25, 0.3) is 0 Å². The molecule has 1 atom stereocenters. The molecule has 1 aromatic carbocycles. The second kappa shape index (κ2) is 6.16. The number of hydrogen-bond donors (Lipinski definition) is 2. The average Bonchev–Trinajstić information content (AvgIpc) is 3.26. The van der Waals surface area contributed by atoms with Crippen LogP contribution in [0.4, 0.5) is 0 Å². The maximum Gasteiger partial charge on any atom is 0.240 e. The van der Waals surface area contributed by atoms with Gasteiger partial charge in [0.25, 0.3) is 0 Å². The molecule has 21 heavy (non-hydrogen) atoms. The zero-order valence-corrected chi connectivity index (χ0v) is 12.6. The van der Waals surface area contributed by atoms with Crippen molar-refractivity contribution in [2.24, 2.45) is 5.73 Å². The predicted molar refractivity (Wildman–Crippen MR) is 83.7 cm³/mol. The Morgan fingerprint density at radius 1 is 1.29 bits per heavy atom. The highest BCUT2D eigenvalue weighted by Gasteiger charge is 2.45. The molecule has 1 aliphatic carbocycles. The molecule has 1 aromatic rings. The van der Waals surface area contributed by atoms with Crippen LogP contribution >= 0.6 is 0 Å². The number of piperidine rings is 1. The molecule has 3 N–H and O–H groups in total. The molecule has 1 heterocycles. The van der Waals surface area contributed by atoms with Crippen LogP contribution in [0.2, 0.25) is 0 Å². The molecule has 4 heteroatoms. The Morgan fingerprint density at radius 2 is 2.05 bits per heavy atom. The highest BCUT2D eigenvalue weighted by Crippen LogP contribution is 2.32. The number of likely N-dealkylation sites (tertiary alicyclic amines) is 1. The summed E-state index contributed by atoms with van der Waals surface area (Å²) in [6.45, 7) is 2.81. The molecule has 0 spiro atoms. The van der Waals surface area contributed by atoms with Gasteiger partial charge >= 0.3 is 0 Å². The van der Waals surface area contributed by atoms with Gasteiger partial charge in [0, 0.05) is 19.1 Å². The first-order valence-electron chi connectivity index (χ1n) is 8.02. The van der Waals surface area contributed by atoms with Crippen molar-refractivity contribution in [3.63, 3.8) is 0 Å². The van der Waals surface area contributed by atoms with Gasteiger partial charge in [-0.05, 0) is 37.8 Å². The summed E-state index contributed by atoms with van der Waals surface area (Å²) in [5.41, 5.74) is 6.72. The second-order valence-electron chi connectivity index (χ2n) is 6.47. The standard InChI is InChI=1S/C17H25N3O/c18-17(9-10-17)16(21)19-12-15-8-4-5-11-20(15)13-14-6-2-1-3-7-14/h1-3,6-7,15H,4-5,8-13,18H2,(H,19,21). The Kier molecular flexibility index (Phi) is 4.27. The van der Waals surface area contributed by atoms with Gasteiger partial charge in [-0.15, -0.1) is 0 Å². The molecule has 1 saturated carbocycles. The molecule has 1 amide bonds. The lowest BCUT2D eigenvalue weighted by molar-refractivity contribution is -0.123. The van der Waals surface area contributed by atoms with E-state index in [0.717, 1.165) is 38.9 Å². The zero-order chi connectivity index (χ0) is 14.7. The van der Waals surface area contributed by atoms with E-state index in [-0.39, 0.29) is 5.91 Å². The number of nitrogens with one attached hydrogen (secondary N) is 1. The third-order valence-electron chi connectivity index (χ3n) is 4.72. The van der Waals surface area contributed by atoms with E-state index >= 15 is 0 Å². The molecule has 2 aliphatic rings. The predicted octanol–water partition coefficient (Wildman–Crippen LogP) is 1.65. The van der Waals surface area contributed by atoms with Gasteiger partial charge < -0.3 is 11.1 Å². The first-order chi connectivity index (χ1) is 10.2. The van der Waals surface area contributed by atoms with Crippen molar-refractivity contribution in [1.29, 1.82) is 0 Å². The summed E-state index contributed by atoms with van der Waals surface area (Å²) in [4.78, 5) is 14.5. The maximum absolute atomic E-state index is 12.0. The normalized spacial score (nSPS) is 24.5. The highest BCUT2D eigenvalue weighted by molar-refractivity contribution is 5.88. The SMILES string of the molecule is NC1(C(=O)NCC2CCCCN2Cc2ccccc2)CC1. The molecule has 0 bridgehead atoms. The first-order valence-corrected chi connectivity index (χ1v) is 8.02. The third kappa shape index (κ3) is 3.63. The fourth-order valence-corrected chi connectivity index (χ4v) is 3.07.